The van der Waals surface area contributed by atoms with Gasteiger partial charge in [0.05, 0.1) is 19.8 Å². The first-order valence-electron chi connectivity index (χ1n) is 15.4. The van der Waals surface area contributed by atoms with Crippen molar-refractivity contribution in [3.63, 3.8) is 0 Å². The second kappa shape index (κ2) is 23.8. The molecule has 0 aromatic heterocycles. The molecule has 13 nitrogen and oxygen atoms in total. The number of hydrogen-bond donors (Lipinski definition) is 5. The highest BCUT2D eigenvalue weighted by Crippen LogP contribution is 2.08. The summed E-state index contributed by atoms with van der Waals surface area (Å²) in [5.41, 5.74) is 8.46. The minimum atomic E-state index is -1.83. The molecule has 0 heterocycles. The van der Waals surface area contributed by atoms with Gasteiger partial charge in [0, 0.05) is 12.8 Å². The molecule has 0 aliphatic carbocycles. The van der Waals surface area contributed by atoms with Crippen LogP contribution in [-0.2, 0) is 47.9 Å². The van der Waals surface area contributed by atoms with Gasteiger partial charge < -0.3 is 40.8 Å². The number of nitrogens with two attached hydrogens (primary N) is 1. The highest BCUT2D eigenvalue weighted by molar-refractivity contribution is 5.87. The molecule has 0 aliphatic rings. The zero-order chi connectivity index (χ0) is 35.7. The predicted molar refractivity (Wildman–Crippen MR) is 178 cm³/mol. The smallest absolute Gasteiger partial charge is 0.465 e. The quantitative estimate of drug-likeness (QED) is 0.123. The summed E-state index contributed by atoms with van der Waals surface area (Å²) >= 11 is 0. The maximum absolute atomic E-state index is 12.6. The largest absolute Gasteiger partial charge is 0.503 e. The van der Waals surface area contributed by atoms with Gasteiger partial charge in [0.15, 0.2) is 0 Å². The molecule has 3 atom stereocenters. The van der Waals surface area contributed by atoms with Gasteiger partial charge in [-0.3, -0.25) is 4.79 Å². The molecule has 48 heavy (non-hydrogen) atoms. The van der Waals surface area contributed by atoms with E-state index in [-0.39, 0.29) is 32.0 Å². The summed E-state index contributed by atoms with van der Waals surface area (Å²) in [5, 5.41) is 19.2. The summed E-state index contributed by atoms with van der Waals surface area (Å²) in [4.78, 5) is 57.1. The van der Waals surface area contributed by atoms with Gasteiger partial charge in [-0.25, -0.2) is 19.2 Å². The van der Waals surface area contributed by atoms with Crippen molar-refractivity contribution in [1.82, 2.24) is 10.6 Å². The summed E-state index contributed by atoms with van der Waals surface area (Å²) < 4.78 is 15.0. The first-order chi connectivity index (χ1) is 23.0. The normalized spacial score (nSPS) is 11.8. The van der Waals surface area contributed by atoms with Crippen LogP contribution in [0.5, 0.6) is 0 Å². The third kappa shape index (κ3) is 17.9. The van der Waals surface area contributed by atoms with Crippen molar-refractivity contribution in [3.8, 4) is 0 Å². The van der Waals surface area contributed by atoms with Crippen LogP contribution in [0.3, 0.4) is 0 Å². The summed E-state index contributed by atoms with van der Waals surface area (Å²) in [6.07, 6.45) is -0.759. The molecule has 2 amide bonds. The molecule has 3 aromatic rings. The standard InChI is InChI=1S/C23H28N2O5.C11H15NO2.CH2O3/c1-3-29-21(26)19(15-17-11-7-5-8-12-17)24-23(28)25-20(22(27)30-4-2)16-18-13-9-6-10-14-18;1-2-14-11(13)10(12)8-9-6-4-3-5-7-9;2-1(3)4/h5-14,19-20H,3-4,15-16H2,1-2H3,(H2,24,25,28);3-7,10H,2,8,12H2,1H3;(H2,2,3,4). The highest BCUT2D eigenvalue weighted by Gasteiger charge is 2.27. The van der Waals surface area contributed by atoms with Crippen molar-refractivity contribution in [2.75, 3.05) is 19.8 Å². The fourth-order valence-corrected chi connectivity index (χ4v) is 4.13. The van der Waals surface area contributed by atoms with Crippen molar-refractivity contribution in [1.29, 1.82) is 0 Å². The second-order valence-corrected chi connectivity index (χ2v) is 9.94. The minimum Gasteiger partial charge on any atom is -0.465 e. The van der Waals surface area contributed by atoms with E-state index >= 15 is 0 Å². The Morgan fingerprint density at radius 1 is 0.562 bits per heavy atom. The molecule has 0 saturated carbocycles. The van der Waals surface area contributed by atoms with E-state index in [4.69, 9.17) is 35.0 Å². The SMILES string of the molecule is CCOC(=O)C(Cc1ccccc1)NC(=O)NC(Cc1ccccc1)C(=O)OCC.CCOC(=O)C(N)Cc1ccccc1.O=C(O)O. The van der Waals surface area contributed by atoms with Gasteiger partial charge >= 0.3 is 30.1 Å². The summed E-state index contributed by atoms with van der Waals surface area (Å²) in [6.45, 7) is 5.95. The van der Waals surface area contributed by atoms with E-state index in [0.717, 1.165) is 16.7 Å². The van der Waals surface area contributed by atoms with Gasteiger partial charge in [-0.2, -0.15) is 0 Å². The van der Waals surface area contributed by atoms with Gasteiger partial charge in [0.1, 0.15) is 18.1 Å². The molecular weight excluding hydrogens is 622 g/mol. The lowest BCUT2D eigenvalue weighted by atomic mass is 10.1. The lowest BCUT2D eigenvalue weighted by Gasteiger charge is -2.21. The Balaban J connectivity index is 0.000000529. The Morgan fingerprint density at radius 3 is 1.17 bits per heavy atom. The minimum absolute atomic E-state index is 0.201. The lowest BCUT2D eigenvalue weighted by molar-refractivity contribution is -0.146. The molecule has 3 rings (SSSR count). The molecule has 0 saturated heterocycles. The molecule has 3 unspecified atom stereocenters. The van der Waals surface area contributed by atoms with Crippen molar-refractivity contribution in [3.05, 3.63) is 108 Å². The van der Waals surface area contributed by atoms with E-state index in [1.165, 1.54) is 0 Å². The summed E-state index contributed by atoms with van der Waals surface area (Å²) in [7, 11) is 0. The number of carboxylic acid groups (broad SMARTS) is 2. The van der Waals surface area contributed by atoms with E-state index in [1.807, 2.05) is 91.0 Å². The zero-order valence-electron chi connectivity index (χ0n) is 27.4. The number of carbonyl (C=O) groups excluding carboxylic acids is 4. The number of benzene rings is 3. The molecule has 6 N–H and O–H groups in total. The number of nitrogens with one attached hydrogen (secondary N) is 2. The molecule has 13 heteroatoms. The molecule has 0 fully saturated rings. The van der Waals surface area contributed by atoms with E-state index in [1.54, 1.807) is 20.8 Å². The molecule has 0 spiro atoms. The zero-order valence-corrected chi connectivity index (χ0v) is 27.4. The van der Waals surface area contributed by atoms with Crippen LogP contribution in [0.1, 0.15) is 37.5 Å². The topological polar surface area (TPSA) is 204 Å². The fourth-order valence-electron chi connectivity index (χ4n) is 4.13. The monoisotopic (exact) mass is 667 g/mol. The van der Waals surface area contributed by atoms with E-state index in [9.17, 15) is 19.2 Å². The maximum Gasteiger partial charge on any atom is 0.503 e. The molecule has 260 valence electrons. The third-order valence-corrected chi connectivity index (χ3v) is 6.21. The van der Waals surface area contributed by atoms with Crippen molar-refractivity contribution >= 4 is 30.1 Å². The van der Waals surface area contributed by atoms with Crippen LogP contribution in [0.15, 0.2) is 91.0 Å². The number of ether oxygens (including phenoxy) is 3. The molecule has 0 bridgehead atoms. The number of carbonyl (C=O) groups is 5. The van der Waals surface area contributed by atoms with Crippen LogP contribution < -0.4 is 16.4 Å². The molecular formula is C35H45N3O10. The first-order valence-corrected chi connectivity index (χ1v) is 15.4. The molecule has 0 radical (unpaired) electrons. The van der Waals surface area contributed by atoms with Crippen molar-refractivity contribution < 1.29 is 48.4 Å². The van der Waals surface area contributed by atoms with Crippen LogP contribution in [0.25, 0.3) is 0 Å². The van der Waals surface area contributed by atoms with E-state index in [0.29, 0.717) is 13.0 Å². The van der Waals surface area contributed by atoms with Crippen LogP contribution in [0, 0.1) is 0 Å². The van der Waals surface area contributed by atoms with Crippen LogP contribution >= 0.6 is 0 Å². The number of esters is 3. The van der Waals surface area contributed by atoms with Gasteiger partial charge in [-0.1, -0.05) is 91.0 Å². The maximum atomic E-state index is 12.6. The summed E-state index contributed by atoms with van der Waals surface area (Å²) in [6, 6.07) is 25.3. The second-order valence-electron chi connectivity index (χ2n) is 9.94. The van der Waals surface area contributed by atoms with Gasteiger partial charge in [-0.15, -0.1) is 0 Å². The van der Waals surface area contributed by atoms with E-state index in [2.05, 4.69) is 10.6 Å². The average molecular weight is 668 g/mol. The first kappa shape index (κ1) is 40.6. The van der Waals surface area contributed by atoms with Crippen molar-refractivity contribution in [2.45, 2.75) is 58.2 Å². The van der Waals surface area contributed by atoms with Crippen LogP contribution in [-0.4, -0.2) is 78.3 Å². The van der Waals surface area contributed by atoms with E-state index < -0.39 is 42.3 Å². The Labute approximate surface area is 280 Å². The number of hydrogen-bond acceptors (Lipinski definition) is 9. The van der Waals surface area contributed by atoms with Crippen LogP contribution in [0.2, 0.25) is 0 Å². The average Bonchev–Trinajstić information content (AvgIpc) is 3.06. The lowest BCUT2D eigenvalue weighted by Crippen LogP contribution is -2.53. The molecule has 0 aliphatic heterocycles. The number of rotatable bonds is 14. The third-order valence-electron chi connectivity index (χ3n) is 6.21. The number of urea groups is 1. The fraction of sp³-hybridized carbons (Fsp3) is 0.343. The summed E-state index contributed by atoms with van der Waals surface area (Å²) in [5.74, 6) is -1.41. The predicted octanol–water partition coefficient (Wildman–Crippen LogP) is 3.98. The van der Waals surface area contributed by atoms with Gasteiger partial charge in [0.25, 0.3) is 0 Å². The van der Waals surface area contributed by atoms with Gasteiger partial charge in [0.2, 0.25) is 0 Å². The van der Waals surface area contributed by atoms with Gasteiger partial charge in [-0.05, 0) is 43.9 Å². The molecule has 3 aromatic carbocycles. The van der Waals surface area contributed by atoms with Crippen LogP contribution in [0.4, 0.5) is 9.59 Å². The Hall–Kier alpha value is -5.43. The Bertz CT molecular complexity index is 1300. The Morgan fingerprint density at radius 2 is 0.854 bits per heavy atom. The highest BCUT2D eigenvalue weighted by atomic mass is 16.6. The number of amides is 2. The van der Waals surface area contributed by atoms with Crippen molar-refractivity contribution in [2.24, 2.45) is 5.73 Å². The Kier molecular flexibility index (Phi) is 20.2.